The number of alkyl halides is 26. The van der Waals surface area contributed by atoms with E-state index in [1.54, 1.807) is 0 Å². The molecule has 3 nitrogen and oxygen atoms in total. The van der Waals surface area contributed by atoms with Crippen molar-refractivity contribution in [3.63, 3.8) is 0 Å². The zero-order chi connectivity index (χ0) is 34.1. The monoisotopic (exact) mass is 702 g/mol. The lowest BCUT2D eigenvalue weighted by Gasteiger charge is -2.46. The molecular weight excluding hydrogens is 702 g/mol. The molecule has 248 valence electrons. The second-order valence-electron chi connectivity index (χ2n) is 6.71. The Morgan fingerprint density at radius 3 is 0.488 bits per heavy atom. The van der Waals surface area contributed by atoms with Gasteiger partial charge in [-0.25, -0.2) is 0 Å². The van der Waals surface area contributed by atoms with E-state index in [1.165, 1.54) is 0 Å². The van der Waals surface area contributed by atoms with Crippen molar-refractivity contribution in [3.8, 4) is 0 Å². The van der Waals surface area contributed by atoms with Crippen LogP contribution in [-0.2, 0) is 13.3 Å². The molecule has 0 amide bonds. The first kappa shape index (κ1) is 39.3. The van der Waals surface area contributed by atoms with Crippen LogP contribution in [0.1, 0.15) is 0 Å². The first-order valence-electron chi connectivity index (χ1n) is 8.14. The normalized spacial score (nSPS) is 16.8. The first-order valence-corrected chi connectivity index (χ1v) is 9.86. The minimum Gasteiger partial charge on any atom is -0.322 e. The van der Waals surface area contributed by atoms with Crippen LogP contribution < -0.4 is 0 Å². The minimum absolute atomic E-state index is 1.15. The highest BCUT2D eigenvalue weighted by Gasteiger charge is 2.93. The van der Waals surface area contributed by atoms with Crippen molar-refractivity contribution in [2.24, 2.45) is 0 Å². The van der Waals surface area contributed by atoms with Crippen LogP contribution in [0.15, 0.2) is 0 Å². The highest BCUT2D eigenvalue weighted by atomic mass is 28.4. The SMILES string of the molecule is FC(F)(F)C(F)(O[Si](OC(F)(C(F)(F)F)C(F)(F)F)(OC(F)(C(F)(F)F)C(F)(F)F)C(F)(F)C(F)(F)F)C(F)(F)F. The maximum atomic E-state index is 14.0. The lowest BCUT2D eigenvalue weighted by molar-refractivity contribution is -0.464. The summed E-state index contributed by atoms with van der Waals surface area (Å²) in [6, 6.07) is 0. The van der Waals surface area contributed by atoms with E-state index < -0.39 is 75.1 Å². The molecule has 0 aromatic carbocycles. The van der Waals surface area contributed by atoms with Crippen LogP contribution in [0, 0.1) is 0 Å². The highest BCUT2D eigenvalue weighted by molar-refractivity contribution is 6.64. The molecule has 0 aromatic heterocycles. The smallest absolute Gasteiger partial charge is 0.322 e. The van der Waals surface area contributed by atoms with E-state index in [1.807, 2.05) is 0 Å². The second kappa shape index (κ2) is 9.91. The largest absolute Gasteiger partial charge is 0.594 e. The Morgan fingerprint density at radius 1 is 0.244 bits per heavy atom. The van der Waals surface area contributed by atoms with Gasteiger partial charge < -0.3 is 13.3 Å². The topological polar surface area (TPSA) is 27.7 Å². The Hall–Kier alpha value is -1.72. The molecule has 0 rings (SSSR count). The molecule has 0 atom stereocenters. The Balaban J connectivity index is 8.61. The molecule has 41 heavy (non-hydrogen) atoms. The van der Waals surface area contributed by atoms with E-state index in [9.17, 15) is 114 Å². The minimum atomic E-state index is -11.6. The third-order valence-corrected chi connectivity index (χ3v) is 6.46. The van der Waals surface area contributed by atoms with Crippen molar-refractivity contribution >= 4 is 8.80 Å². The quantitative estimate of drug-likeness (QED) is 0.199. The van der Waals surface area contributed by atoms with E-state index in [4.69, 9.17) is 0 Å². The van der Waals surface area contributed by atoms with E-state index >= 15 is 0 Å². The van der Waals surface area contributed by atoms with Gasteiger partial charge in [-0.2, -0.15) is 114 Å². The summed E-state index contributed by atoms with van der Waals surface area (Å²) in [6.45, 7) is 0. The van der Waals surface area contributed by atoms with Gasteiger partial charge in [0.25, 0.3) is 0 Å². The predicted molar refractivity (Wildman–Crippen MR) is 67.9 cm³/mol. The van der Waals surface area contributed by atoms with Crippen molar-refractivity contribution in [3.05, 3.63) is 0 Å². The maximum absolute atomic E-state index is 14.0. The zero-order valence-corrected chi connectivity index (χ0v) is 18.1. The molecule has 0 N–H and O–H groups in total. The molecule has 0 fully saturated rings. The van der Waals surface area contributed by atoms with Gasteiger partial charge in [-0.3, -0.25) is 0 Å². The predicted octanol–water partition coefficient (Wildman–Crippen LogP) is 8.08. The van der Waals surface area contributed by atoms with Crippen LogP contribution in [0.4, 0.5) is 114 Å². The summed E-state index contributed by atoms with van der Waals surface area (Å²) < 4.78 is 340. The Bertz CT molecular complexity index is 771. The van der Waals surface area contributed by atoms with Gasteiger partial charge in [-0.15, -0.1) is 0 Å². The van der Waals surface area contributed by atoms with E-state index in [-0.39, 0.29) is 0 Å². The fourth-order valence-electron chi connectivity index (χ4n) is 1.81. The zero-order valence-electron chi connectivity index (χ0n) is 17.1. The number of rotatable bonds is 7. The van der Waals surface area contributed by atoms with E-state index in [0.717, 1.165) is 13.3 Å². The third-order valence-electron chi connectivity index (χ3n) is 3.75. The summed E-state index contributed by atoms with van der Waals surface area (Å²) in [5, 5.41) is 0. The molecule has 0 aliphatic rings. The summed E-state index contributed by atoms with van der Waals surface area (Å²) in [6.07, 6.45) is -60.0. The van der Waals surface area contributed by atoms with Crippen molar-refractivity contribution in [2.45, 2.75) is 66.3 Å². The molecule has 0 aromatic rings. The first-order chi connectivity index (χ1) is 17.1. The van der Waals surface area contributed by atoms with Crippen molar-refractivity contribution < 1.29 is 127 Å². The van der Waals surface area contributed by atoms with Crippen LogP contribution >= 0.6 is 0 Å². The van der Waals surface area contributed by atoms with Gasteiger partial charge in [-0.05, 0) is 0 Å². The summed E-state index contributed by atoms with van der Waals surface area (Å²) in [5.41, 5.74) is -9.17. The summed E-state index contributed by atoms with van der Waals surface area (Å²) in [5.74, 6) is -26.6. The molecule has 0 saturated heterocycles. The molecule has 30 heteroatoms. The van der Waals surface area contributed by atoms with Gasteiger partial charge in [0.15, 0.2) is 0 Å². The molecule has 0 bridgehead atoms. The van der Waals surface area contributed by atoms with Crippen LogP contribution in [0.25, 0.3) is 0 Å². The lowest BCUT2D eigenvalue weighted by Crippen LogP contribution is -2.79. The average Bonchev–Trinajstić information content (AvgIpc) is 2.61. The number of halogens is 26. The molecule has 0 saturated carbocycles. The summed E-state index contributed by atoms with van der Waals surface area (Å²) in [4.78, 5) is 0. The van der Waals surface area contributed by atoms with Gasteiger partial charge in [0, 0.05) is 0 Å². The number of hydrogen-bond donors (Lipinski definition) is 0. The van der Waals surface area contributed by atoms with E-state index in [2.05, 4.69) is 0 Å². The van der Waals surface area contributed by atoms with Crippen LogP contribution in [0.2, 0.25) is 0 Å². The standard InChI is InChI=1S/C11F26O3Si/c12-1(4(15,16)17,5(18,19)20)38-41(11(36,37)10(33,34)35,39-2(13,6(21,22)23)7(24,25)26)40-3(14,8(27,28)29)9(30,31)32. The van der Waals surface area contributed by atoms with Gasteiger partial charge in [0.1, 0.15) is 0 Å². The van der Waals surface area contributed by atoms with Gasteiger partial charge in [-0.1, -0.05) is 0 Å². The molecule has 0 radical (unpaired) electrons. The third kappa shape index (κ3) is 6.46. The van der Waals surface area contributed by atoms with Crippen molar-refractivity contribution in [2.75, 3.05) is 0 Å². The molecular formula is C11F26O3Si. The Morgan fingerprint density at radius 2 is 0.390 bits per heavy atom. The van der Waals surface area contributed by atoms with Crippen LogP contribution in [0.5, 0.6) is 0 Å². The molecule has 0 aliphatic heterocycles. The molecule has 0 aliphatic carbocycles. The molecule has 0 unspecified atom stereocenters. The van der Waals surface area contributed by atoms with Gasteiger partial charge in [0.2, 0.25) is 0 Å². The number of hydrogen-bond acceptors (Lipinski definition) is 3. The second-order valence-corrected chi connectivity index (χ2v) is 9.06. The Labute approximate surface area is 204 Å². The van der Waals surface area contributed by atoms with E-state index in [0.29, 0.717) is 0 Å². The van der Waals surface area contributed by atoms with Crippen LogP contribution in [0.3, 0.4) is 0 Å². The molecule has 0 spiro atoms. The Kier molecular flexibility index (Phi) is 9.49. The maximum Gasteiger partial charge on any atom is 0.594 e. The van der Waals surface area contributed by atoms with Crippen LogP contribution in [-0.4, -0.2) is 75.1 Å². The van der Waals surface area contributed by atoms with Gasteiger partial charge in [0.05, 0.1) is 0 Å². The fraction of sp³-hybridized carbons (Fsp3) is 1.00. The highest BCUT2D eigenvalue weighted by Crippen LogP contribution is 2.60. The van der Waals surface area contributed by atoms with Gasteiger partial charge >= 0.3 is 75.1 Å². The average molecular weight is 702 g/mol. The lowest BCUT2D eigenvalue weighted by atomic mass is 10.3. The fourth-order valence-corrected chi connectivity index (χ4v) is 4.48. The van der Waals surface area contributed by atoms with Crippen molar-refractivity contribution in [1.82, 2.24) is 0 Å². The summed E-state index contributed by atoms with van der Waals surface area (Å²) >= 11 is 0. The summed E-state index contributed by atoms with van der Waals surface area (Å²) in [7, 11) is -11.6. The molecule has 0 heterocycles. The van der Waals surface area contributed by atoms with Crippen molar-refractivity contribution in [1.29, 1.82) is 0 Å².